The van der Waals surface area contributed by atoms with E-state index < -0.39 is 11.7 Å². The van der Waals surface area contributed by atoms with Crippen molar-refractivity contribution < 1.29 is 22.7 Å². The number of hydrogen-bond acceptors (Lipinski definition) is 2. The predicted octanol–water partition coefficient (Wildman–Crippen LogP) is 7.27. The third-order valence-electron chi connectivity index (χ3n) is 4.61. The van der Waals surface area contributed by atoms with Crippen molar-refractivity contribution in [2.24, 2.45) is 0 Å². The zero-order valence-electron chi connectivity index (χ0n) is 16.4. The summed E-state index contributed by atoms with van der Waals surface area (Å²) in [5, 5.41) is 0. The maximum atomic E-state index is 13.0. The van der Waals surface area contributed by atoms with Gasteiger partial charge in [0.05, 0.1) is 11.1 Å². The molecule has 0 aliphatic carbocycles. The molecule has 0 aliphatic rings. The molecule has 0 heterocycles. The van der Waals surface area contributed by atoms with Crippen LogP contribution in [-0.4, -0.2) is 6.29 Å². The lowest BCUT2D eigenvalue weighted by atomic mass is 9.87. The lowest BCUT2D eigenvalue weighted by Crippen LogP contribution is -2.10. The van der Waals surface area contributed by atoms with Crippen LogP contribution in [0.15, 0.2) is 66.7 Å². The van der Waals surface area contributed by atoms with E-state index in [2.05, 4.69) is 20.8 Å². The summed E-state index contributed by atoms with van der Waals surface area (Å²) in [6.07, 6.45) is -3.76. The van der Waals surface area contributed by atoms with Gasteiger partial charge in [-0.2, -0.15) is 13.2 Å². The van der Waals surface area contributed by atoms with Crippen LogP contribution in [0.25, 0.3) is 11.1 Å². The van der Waals surface area contributed by atoms with Crippen molar-refractivity contribution in [2.75, 3.05) is 0 Å². The smallest absolute Gasteiger partial charge is 0.416 e. The average Bonchev–Trinajstić information content (AvgIpc) is 2.67. The van der Waals surface area contributed by atoms with Crippen LogP contribution in [0.1, 0.15) is 42.3 Å². The summed E-state index contributed by atoms with van der Waals surface area (Å²) in [7, 11) is 0. The van der Waals surface area contributed by atoms with Crippen LogP contribution in [0.3, 0.4) is 0 Å². The van der Waals surface area contributed by atoms with Crippen molar-refractivity contribution in [3.8, 4) is 22.6 Å². The van der Waals surface area contributed by atoms with Gasteiger partial charge >= 0.3 is 6.18 Å². The zero-order chi connectivity index (χ0) is 21.2. The molecule has 0 fully saturated rings. The van der Waals surface area contributed by atoms with Gasteiger partial charge in [0.25, 0.3) is 0 Å². The van der Waals surface area contributed by atoms with Gasteiger partial charge in [-0.3, -0.25) is 4.79 Å². The molecular weight excluding hydrogens is 377 g/mol. The molecule has 5 heteroatoms. The van der Waals surface area contributed by atoms with Crippen LogP contribution in [0.5, 0.6) is 11.5 Å². The van der Waals surface area contributed by atoms with E-state index in [-0.39, 0.29) is 5.41 Å². The number of carbonyl (C=O) groups is 1. The second-order valence-electron chi connectivity index (χ2n) is 7.83. The third-order valence-corrected chi connectivity index (χ3v) is 4.61. The zero-order valence-corrected chi connectivity index (χ0v) is 16.4. The summed E-state index contributed by atoms with van der Waals surface area (Å²) >= 11 is 0. The van der Waals surface area contributed by atoms with Gasteiger partial charge < -0.3 is 4.74 Å². The molecular formula is C24H21F3O2. The monoisotopic (exact) mass is 398 g/mol. The molecule has 0 aromatic heterocycles. The molecule has 0 amide bonds. The second kappa shape index (κ2) is 7.74. The number of alkyl halides is 3. The van der Waals surface area contributed by atoms with Gasteiger partial charge in [0.15, 0.2) is 6.29 Å². The number of rotatable bonds is 4. The lowest BCUT2D eigenvalue weighted by molar-refractivity contribution is -0.137. The standard InChI is InChI=1S/C24H21F3O2/c1-23(2,3)19-9-11-21(12-10-19)29-22-14-17(7-8-18(22)15-28)16-5-4-6-20(13-16)24(25,26)27/h4-15H,1-3H3. The molecule has 2 nitrogen and oxygen atoms in total. The molecule has 0 bridgehead atoms. The third kappa shape index (κ3) is 4.86. The molecule has 0 atom stereocenters. The lowest BCUT2D eigenvalue weighted by Gasteiger charge is -2.19. The summed E-state index contributed by atoms with van der Waals surface area (Å²) in [6, 6.07) is 17.3. The number of hydrogen-bond donors (Lipinski definition) is 0. The maximum Gasteiger partial charge on any atom is 0.416 e. The molecule has 29 heavy (non-hydrogen) atoms. The van der Waals surface area contributed by atoms with Crippen molar-refractivity contribution in [3.63, 3.8) is 0 Å². The Hall–Kier alpha value is -3.08. The Labute approximate surface area is 168 Å². The van der Waals surface area contributed by atoms with Crippen LogP contribution in [0.4, 0.5) is 13.2 Å². The first kappa shape index (κ1) is 20.6. The normalized spacial score (nSPS) is 11.9. The van der Waals surface area contributed by atoms with Crippen molar-refractivity contribution in [1.82, 2.24) is 0 Å². The fourth-order valence-corrected chi connectivity index (χ4v) is 2.92. The van der Waals surface area contributed by atoms with E-state index in [0.717, 1.165) is 17.7 Å². The Morgan fingerprint density at radius 1 is 0.793 bits per heavy atom. The van der Waals surface area contributed by atoms with E-state index in [0.29, 0.717) is 34.5 Å². The summed E-state index contributed by atoms with van der Waals surface area (Å²) < 4.78 is 44.9. The maximum absolute atomic E-state index is 13.0. The van der Waals surface area contributed by atoms with Crippen LogP contribution in [0, 0.1) is 0 Å². The minimum Gasteiger partial charge on any atom is -0.457 e. The highest BCUT2D eigenvalue weighted by atomic mass is 19.4. The van der Waals surface area contributed by atoms with Crippen molar-refractivity contribution in [2.45, 2.75) is 32.4 Å². The van der Waals surface area contributed by atoms with Gasteiger partial charge in [-0.15, -0.1) is 0 Å². The molecule has 0 saturated heterocycles. The van der Waals surface area contributed by atoms with Crippen molar-refractivity contribution in [1.29, 1.82) is 0 Å². The molecule has 0 saturated carbocycles. The van der Waals surface area contributed by atoms with Gasteiger partial charge in [0.2, 0.25) is 0 Å². The van der Waals surface area contributed by atoms with Gasteiger partial charge in [0.1, 0.15) is 11.5 Å². The second-order valence-corrected chi connectivity index (χ2v) is 7.83. The fraction of sp³-hybridized carbons (Fsp3) is 0.208. The summed E-state index contributed by atoms with van der Waals surface area (Å²) in [5.74, 6) is 0.834. The minimum absolute atomic E-state index is 0.00406. The number of ether oxygens (including phenoxy) is 1. The Kier molecular flexibility index (Phi) is 5.51. The number of benzene rings is 3. The fourth-order valence-electron chi connectivity index (χ4n) is 2.92. The van der Waals surface area contributed by atoms with Gasteiger partial charge in [-0.1, -0.05) is 51.1 Å². The first-order chi connectivity index (χ1) is 13.6. The Morgan fingerprint density at radius 3 is 2.03 bits per heavy atom. The van der Waals surface area contributed by atoms with Crippen LogP contribution >= 0.6 is 0 Å². The first-order valence-corrected chi connectivity index (χ1v) is 9.13. The minimum atomic E-state index is -4.42. The van der Waals surface area contributed by atoms with Crippen LogP contribution in [-0.2, 0) is 11.6 Å². The number of halogens is 3. The first-order valence-electron chi connectivity index (χ1n) is 9.13. The predicted molar refractivity (Wildman–Crippen MR) is 107 cm³/mol. The summed E-state index contributed by atoms with van der Waals surface area (Å²) in [4.78, 5) is 11.4. The quantitative estimate of drug-likeness (QED) is 0.432. The molecule has 0 unspecified atom stereocenters. The molecule has 3 aromatic carbocycles. The summed E-state index contributed by atoms with van der Waals surface area (Å²) in [6.45, 7) is 6.31. The Balaban J connectivity index is 1.95. The Bertz CT molecular complexity index is 1010. The van der Waals surface area contributed by atoms with Gasteiger partial charge in [-0.25, -0.2) is 0 Å². The highest BCUT2D eigenvalue weighted by Gasteiger charge is 2.30. The van der Waals surface area contributed by atoms with Crippen molar-refractivity contribution in [3.05, 3.63) is 83.4 Å². The van der Waals surface area contributed by atoms with E-state index in [1.807, 2.05) is 24.3 Å². The molecule has 0 spiro atoms. The average molecular weight is 398 g/mol. The van der Waals surface area contributed by atoms with E-state index in [1.54, 1.807) is 24.3 Å². The summed E-state index contributed by atoms with van der Waals surface area (Å²) in [5.41, 5.74) is 1.65. The van der Waals surface area contributed by atoms with E-state index >= 15 is 0 Å². The van der Waals surface area contributed by atoms with Crippen molar-refractivity contribution >= 4 is 6.29 Å². The molecule has 150 valence electrons. The highest BCUT2D eigenvalue weighted by molar-refractivity contribution is 5.82. The highest BCUT2D eigenvalue weighted by Crippen LogP contribution is 2.35. The molecule has 3 rings (SSSR count). The van der Waals surface area contributed by atoms with Crippen LogP contribution in [0.2, 0.25) is 0 Å². The molecule has 0 radical (unpaired) electrons. The van der Waals surface area contributed by atoms with Gasteiger partial charge in [-0.05, 0) is 58.5 Å². The number of carbonyl (C=O) groups excluding carboxylic acids is 1. The number of aldehydes is 1. The van der Waals surface area contributed by atoms with Crippen LogP contribution < -0.4 is 4.74 Å². The largest absolute Gasteiger partial charge is 0.457 e. The molecule has 0 aliphatic heterocycles. The SMILES string of the molecule is CC(C)(C)c1ccc(Oc2cc(-c3cccc(C(F)(F)F)c3)ccc2C=O)cc1. The topological polar surface area (TPSA) is 26.3 Å². The Morgan fingerprint density at radius 2 is 1.45 bits per heavy atom. The molecule has 0 N–H and O–H groups in total. The van der Waals surface area contributed by atoms with Gasteiger partial charge in [0, 0.05) is 0 Å². The van der Waals surface area contributed by atoms with E-state index in [4.69, 9.17) is 4.74 Å². The molecule has 3 aromatic rings. The van der Waals surface area contributed by atoms with E-state index in [1.165, 1.54) is 6.07 Å². The van der Waals surface area contributed by atoms with E-state index in [9.17, 15) is 18.0 Å².